The van der Waals surface area contributed by atoms with E-state index in [1.165, 1.54) is 0 Å². The van der Waals surface area contributed by atoms with Gasteiger partial charge < -0.3 is 19.9 Å². The van der Waals surface area contributed by atoms with Crippen LogP contribution in [0.2, 0.25) is 0 Å². The highest BCUT2D eigenvalue weighted by molar-refractivity contribution is 9.10. The van der Waals surface area contributed by atoms with Crippen molar-refractivity contribution in [3.8, 4) is 22.6 Å². The number of pyridine rings is 1. The summed E-state index contributed by atoms with van der Waals surface area (Å²) in [4.78, 5) is 4.16. The Kier molecular flexibility index (Phi) is 6.24. The number of nitrogen functional groups attached to an aromatic ring is 1. The van der Waals surface area contributed by atoms with E-state index in [1.54, 1.807) is 13.3 Å². The first-order valence-corrected chi connectivity index (χ1v) is 8.18. The first-order valence-electron chi connectivity index (χ1n) is 7.39. The van der Waals surface area contributed by atoms with Crippen LogP contribution in [0, 0.1) is 0 Å². The molecular weight excluding hydrogens is 360 g/mol. The van der Waals surface area contributed by atoms with E-state index >= 15 is 0 Å². The molecule has 0 aliphatic heterocycles. The first-order chi connectivity index (χ1) is 11.0. The van der Waals surface area contributed by atoms with Crippen LogP contribution in [0.15, 0.2) is 34.9 Å². The molecule has 1 unspecified atom stereocenters. The summed E-state index contributed by atoms with van der Waals surface area (Å²) >= 11 is 3.39. The van der Waals surface area contributed by atoms with E-state index in [0.717, 1.165) is 15.6 Å². The predicted molar refractivity (Wildman–Crippen MR) is 94.9 cm³/mol. The van der Waals surface area contributed by atoms with Gasteiger partial charge in [0.15, 0.2) is 11.5 Å². The molecule has 1 heterocycles. The molecule has 1 aromatic heterocycles. The van der Waals surface area contributed by atoms with Crippen LogP contribution in [0.25, 0.3) is 11.1 Å². The number of nitrogens with two attached hydrogens (primary N) is 1. The zero-order valence-corrected chi connectivity index (χ0v) is 15.1. The Balaban J connectivity index is 2.20. The zero-order valence-electron chi connectivity index (χ0n) is 13.5. The van der Waals surface area contributed by atoms with Crippen LogP contribution in [0.4, 0.5) is 5.82 Å². The summed E-state index contributed by atoms with van der Waals surface area (Å²) in [6.45, 7) is 5.07. The molecule has 0 bridgehead atoms. The van der Waals surface area contributed by atoms with Crippen LogP contribution in [-0.4, -0.2) is 31.4 Å². The number of rotatable bonds is 7. The van der Waals surface area contributed by atoms with Gasteiger partial charge >= 0.3 is 0 Å². The fourth-order valence-electron chi connectivity index (χ4n) is 2.11. The largest absolute Gasteiger partial charge is 0.493 e. The lowest BCUT2D eigenvalue weighted by Gasteiger charge is -2.16. The summed E-state index contributed by atoms with van der Waals surface area (Å²) in [7, 11) is 1.62. The predicted octanol–water partition coefficient (Wildman–Crippen LogP) is 3.91. The Morgan fingerprint density at radius 2 is 2.00 bits per heavy atom. The lowest BCUT2D eigenvalue weighted by atomic mass is 10.1. The van der Waals surface area contributed by atoms with E-state index in [-0.39, 0.29) is 6.10 Å². The van der Waals surface area contributed by atoms with Gasteiger partial charge in [0.25, 0.3) is 0 Å². The van der Waals surface area contributed by atoms with Crippen molar-refractivity contribution < 1.29 is 14.2 Å². The van der Waals surface area contributed by atoms with Gasteiger partial charge in [-0.05, 0) is 53.5 Å². The molecule has 23 heavy (non-hydrogen) atoms. The van der Waals surface area contributed by atoms with Gasteiger partial charge in [0.1, 0.15) is 12.4 Å². The number of ether oxygens (including phenoxy) is 3. The molecule has 2 N–H and O–H groups in total. The average molecular weight is 381 g/mol. The molecule has 5 nitrogen and oxygen atoms in total. The molecule has 1 aromatic carbocycles. The molecule has 6 heteroatoms. The van der Waals surface area contributed by atoms with Crippen LogP contribution in [0.1, 0.15) is 13.8 Å². The quantitative estimate of drug-likeness (QED) is 0.788. The molecule has 2 rings (SSSR count). The van der Waals surface area contributed by atoms with Crippen molar-refractivity contribution in [1.29, 1.82) is 0 Å². The number of anilines is 1. The van der Waals surface area contributed by atoms with Gasteiger partial charge in [-0.15, -0.1) is 0 Å². The smallest absolute Gasteiger partial charge is 0.161 e. The van der Waals surface area contributed by atoms with E-state index in [2.05, 4.69) is 20.9 Å². The molecular formula is C17H21BrN2O3. The molecule has 0 spiro atoms. The number of hydrogen-bond acceptors (Lipinski definition) is 5. The van der Waals surface area contributed by atoms with Gasteiger partial charge in [-0.3, -0.25) is 0 Å². The second-order valence-electron chi connectivity index (χ2n) is 5.03. The molecule has 124 valence electrons. The number of nitrogens with zero attached hydrogens (tertiary/aromatic N) is 1. The Hall–Kier alpha value is -1.79. The molecule has 0 saturated heterocycles. The molecule has 0 aliphatic carbocycles. The maximum Gasteiger partial charge on any atom is 0.161 e. The third kappa shape index (κ3) is 4.59. The van der Waals surface area contributed by atoms with Crippen molar-refractivity contribution in [3.63, 3.8) is 0 Å². The van der Waals surface area contributed by atoms with Crippen LogP contribution in [0.3, 0.4) is 0 Å². The van der Waals surface area contributed by atoms with Gasteiger partial charge in [0.05, 0.1) is 17.7 Å². The van der Waals surface area contributed by atoms with Crippen molar-refractivity contribution in [2.75, 3.05) is 26.1 Å². The number of hydrogen-bond donors (Lipinski definition) is 1. The fourth-order valence-corrected chi connectivity index (χ4v) is 2.46. The van der Waals surface area contributed by atoms with E-state index < -0.39 is 0 Å². The van der Waals surface area contributed by atoms with Crippen molar-refractivity contribution in [2.24, 2.45) is 0 Å². The fraction of sp³-hybridized carbons (Fsp3) is 0.353. The third-order valence-corrected chi connectivity index (χ3v) is 3.93. The minimum absolute atomic E-state index is 0.0293. The van der Waals surface area contributed by atoms with Crippen LogP contribution < -0.4 is 15.2 Å². The highest BCUT2D eigenvalue weighted by atomic mass is 79.9. The lowest BCUT2D eigenvalue weighted by molar-refractivity contribution is 0.0395. The van der Waals surface area contributed by atoms with Gasteiger partial charge in [0, 0.05) is 18.4 Å². The van der Waals surface area contributed by atoms with Gasteiger partial charge in [0.2, 0.25) is 0 Å². The SMILES string of the molecule is CCOC(C)COc1ccc(-c2cnc(N)c(Br)c2)cc1OC. The van der Waals surface area contributed by atoms with Crippen molar-refractivity contribution in [3.05, 3.63) is 34.9 Å². The Morgan fingerprint density at radius 3 is 2.65 bits per heavy atom. The van der Waals surface area contributed by atoms with E-state index in [1.807, 2.05) is 38.1 Å². The van der Waals surface area contributed by atoms with Gasteiger partial charge in [-0.2, -0.15) is 0 Å². The minimum atomic E-state index is 0.0293. The number of aromatic nitrogens is 1. The Bertz CT molecular complexity index is 664. The van der Waals surface area contributed by atoms with E-state index in [0.29, 0.717) is 30.5 Å². The topological polar surface area (TPSA) is 66.6 Å². The number of methoxy groups -OCH3 is 1. The molecule has 1 atom stereocenters. The van der Waals surface area contributed by atoms with Gasteiger partial charge in [-0.1, -0.05) is 6.07 Å². The molecule has 0 saturated carbocycles. The molecule has 0 radical (unpaired) electrons. The average Bonchev–Trinajstić information content (AvgIpc) is 2.55. The lowest BCUT2D eigenvalue weighted by Crippen LogP contribution is -2.18. The zero-order chi connectivity index (χ0) is 16.8. The summed E-state index contributed by atoms with van der Waals surface area (Å²) in [5.41, 5.74) is 7.64. The number of halogens is 1. The van der Waals surface area contributed by atoms with Crippen LogP contribution in [0.5, 0.6) is 11.5 Å². The van der Waals surface area contributed by atoms with Crippen molar-refractivity contribution in [2.45, 2.75) is 20.0 Å². The standard InChI is InChI=1S/C17H21BrN2O3/c1-4-22-11(2)10-23-15-6-5-12(8-16(15)21-3)13-7-14(18)17(19)20-9-13/h5-9,11H,4,10H2,1-3H3,(H2,19,20). The Labute approximate surface area is 144 Å². The summed E-state index contributed by atoms with van der Waals surface area (Å²) in [6, 6.07) is 7.69. The molecule has 2 aromatic rings. The van der Waals surface area contributed by atoms with Crippen molar-refractivity contribution >= 4 is 21.7 Å². The summed E-state index contributed by atoms with van der Waals surface area (Å²) in [6.07, 6.45) is 1.76. The maximum atomic E-state index is 5.78. The minimum Gasteiger partial charge on any atom is -0.493 e. The molecule has 0 amide bonds. The Morgan fingerprint density at radius 1 is 1.22 bits per heavy atom. The molecule has 0 aliphatic rings. The maximum absolute atomic E-state index is 5.78. The second kappa shape index (κ2) is 8.17. The van der Waals surface area contributed by atoms with E-state index in [9.17, 15) is 0 Å². The highest BCUT2D eigenvalue weighted by Crippen LogP contribution is 2.33. The van der Waals surface area contributed by atoms with Crippen LogP contribution in [-0.2, 0) is 4.74 Å². The normalized spacial score (nSPS) is 12.0. The monoisotopic (exact) mass is 380 g/mol. The summed E-state index contributed by atoms with van der Waals surface area (Å²) in [5, 5.41) is 0. The first kappa shape index (κ1) is 17.6. The van der Waals surface area contributed by atoms with Crippen molar-refractivity contribution in [1.82, 2.24) is 4.98 Å². The number of benzene rings is 1. The molecule has 0 fully saturated rings. The summed E-state index contributed by atoms with van der Waals surface area (Å²) in [5.74, 6) is 1.81. The van der Waals surface area contributed by atoms with Crippen LogP contribution >= 0.6 is 15.9 Å². The van der Waals surface area contributed by atoms with Gasteiger partial charge in [-0.25, -0.2) is 4.98 Å². The van der Waals surface area contributed by atoms with E-state index in [4.69, 9.17) is 19.9 Å². The third-order valence-electron chi connectivity index (χ3n) is 3.29. The second-order valence-corrected chi connectivity index (χ2v) is 5.89. The summed E-state index contributed by atoms with van der Waals surface area (Å²) < 4.78 is 17.4. The highest BCUT2D eigenvalue weighted by Gasteiger charge is 2.10.